The fourth-order valence-electron chi connectivity index (χ4n) is 2.54. The van der Waals surface area contributed by atoms with Crippen LogP contribution in [0.5, 0.6) is 0 Å². The molecule has 1 amide bonds. The fourth-order valence-corrected chi connectivity index (χ4v) is 2.54. The van der Waals surface area contributed by atoms with Gasteiger partial charge in [-0.1, -0.05) is 30.3 Å². The van der Waals surface area contributed by atoms with E-state index in [4.69, 9.17) is 0 Å². The molecule has 0 aliphatic rings. The van der Waals surface area contributed by atoms with Crippen LogP contribution in [0.2, 0.25) is 0 Å². The number of nitrogens with zero attached hydrogens (tertiary/aromatic N) is 1. The van der Waals surface area contributed by atoms with Crippen molar-refractivity contribution in [3.8, 4) is 0 Å². The molecule has 23 heavy (non-hydrogen) atoms. The monoisotopic (exact) mass is 308 g/mol. The molecule has 0 aliphatic heterocycles. The fraction of sp³-hybridized carbons (Fsp3) is 0.250. The first kappa shape index (κ1) is 16.8. The van der Waals surface area contributed by atoms with Gasteiger partial charge >= 0.3 is 0 Å². The van der Waals surface area contributed by atoms with Gasteiger partial charge in [-0.25, -0.2) is 0 Å². The average molecular weight is 308 g/mol. The Kier molecular flexibility index (Phi) is 5.98. The molecule has 3 nitrogen and oxygen atoms in total. The van der Waals surface area contributed by atoms with Gasteiger partial charge in [0.1, 0.15) is 0 Å². The van der Waals surface area contributed by atoms with Crippen molar-refractivity contribution in [3.63, 3.8) is 0 Å². The van der Waals surface area contributed by atoms with Gasteiger partial charge in [0.15, 0.2) is 0 Å². The van der Waals surface area contributed by atoms with Crippen molar-refractivity contribution >= 4 is 17.7 Å². The summed E-state index contributed by atoms with van der Waals surface area (Å²) in [4.78, 5) is 14.6. The van der Waals surface area contributed by atoms with Crippen LogP contribution in [0.3, 0.4) is 0 Å². The van der Waals surface area contributed by atoms with Crippen LogP contribution in [-0.4, -0.2) is 19.0 Å². The summed E-state index contributed by atoms with van der Waals surface area (Å²) in [6, 6.07) is 15.9. The highest BCUT2D eigenvalue weighted by Crippen LogP contribution is 2.19. The topological polar surface area (TPSA) is 32.3 Å². The number of amides is 1. The Balaban J connectivity index is 2.06. The number of nitrogens with one attached hydrogen (secondary N) is 1. The summed E-state index contributed by atoms with van der Waals surface area (Å²) in [6.07, 6.45) is 3.58. The van der Waals surface area contributed by atoms with Crippen molar-refractivity contribution in [2.24, 2.45) is 0 Å². The second kappa shape index (κ2) is 8.18. The normalized spacial score (nSPS) is 10.7. The van der Waals surface area contributed by atoms with Crippen molar-refractivity contribution < 1.29 is 4.79 Å². The quantitative estimate of drug-likeness (QED) is 0.865. The van der Waals surface area contributed by atoms with Crippen LogP contribution in [0.4, 0.5) is 5.69 Å². The standard InChI is InChI=1S/C20H24N2O/c1-4-22(5-2)18-11-12-19(16(3)15-18)20(23)21-14-13-17-9-7-6-8-10-17/h6-15H,4-5H2,1-3H3,(H,21,23). The Hall–Kier alpha value is -2.55. The summed E-state index contributed by atoms with van der Waals surface area (Å²) >= 11 is 0. The first-order valence-electron chi connectivity index (χ1n) is 8.03. The minimum atomic E-state index is -0.0826. The number of carbonyl (C=O) groups is 1. The van der Waals surface area contributed by atoms with E-state index in [0.717, 1.165) is 29.9 Å². The summed E-state index contributed by atoms with van der Waals surface area (Å²) in [5.74, 6) is -0.0826. The van der Waals surface area contributed by atoms with Gasteiger partial charge < -0.3 is 10.2 Å². The molecule has 120 valence electrons. The number of anilines is 1. The average Bonchev–Trinajstić information content (AvgIpc) is 2.57. The zero-order valence-electron chi connectivity index (χ0n) is 14.0. The van der Waals surface area contributed by atoms with E-state index in [0.29, 0.717) is 5.56 Å². The summed E-state index contributed by atoms with van der Waals surface area (Å²) in [5.41, 5.74) is 3.91. The molecule has 0 saturated heterocycles. The number of hydrogen-bond donors (Lipinski definition) is 1. The molecule has 0 saturated carbocycles. The Morgan fingerprint density at radius 2 is 1.78 bits per heavy atom. The maximum Gasteiger partial charge on any atom is 0.255 e. The molecule has 0 spiro atoms. The molecule has 1 N–H and O–H groups in total. The molecular formula is C20H24N2O. The Bertz CT molecular complexity index is 673. The van der Waals surface area contributed by atoms with Crippen LogP contribution in [0.15, 0.2) is 54.7 Å². The van der Waals surface area contributed by atoms with Gasteiger partial charge in [0.25, 0.3) is 5.91 Å². The highest BCUT2D eigenvalue weighted by atomic mass is 16.1. The molecule has 0 radical (unpaired) electrons. The molecule has 0 aliphatic carbocycles. The van der Waals surface area contributed by atoms with Crippen molar-refractivity contribution in [1.29, 1.82) is 0 Å². The number of rotatable bonds is 6. The second-order valence-corrected chi connectivity index (χ2v) is 5.39. The lowest BCUT2D eigenvalue weighted by Gasteiger charge is -2.22. The third-order valence-electron chi connectivity index (χ3n) is 3.87. The number of aryl methyl sites for hydroxylation is 1. The summed E-state index contributed by atoms with van der Waals surface area (Å²) < 4.78 is 0. The molecule has 0 heterocycles. The first-order chi connectivity index (χ1) is 11.2. The van der Waals surface area contributed by atoms with Gasteiger partial charge in [-0.3, -0.25) is 4.79 Å². The lowest BCUT2D eigenvalue weighted by molar-refractivity contribution is 0.0970. The maximum atomic E-state index is 12.3. The van der Waals surface area contributed by atoms with Gasteiger partial charge in [0.2, 0.25) is 0 Å². The molecule has 0 bridgehead atoms. The van der Waals surface area contributed by atoms with E-state index >= 15 is 0 Å². The van der Waals surface area contributed by atoms with Crippen LogP contribution >= 0.6 is 0 Å². The first-order valence-corrected chi connectivity index (χ1v) is 8.03. The molecule has 0 atom stereocenters. The molecule has 2 aromatic carbocycles. The zero-order valence-corrected chi connectivity index (χ0v) is 14.0. The minimum Gasteiger partial charge on any atom is -0.372 e. The van der Waals surface area contributed by atoms with Crippen molar-refractivity contribution in [2.45, 2.75) is 20.8 Å². The molecule has 3 heteroatoms. The molecule has 2 aromatic rings. The summed E-state index contributed by atoms with van der Waals surface area (Å²) in [5, 5.41) is 2.83. The summed E-state index contributed by atoms with van der Waals surface area (Å²) in [6.45, 7) is 8.16. The Morgan fingerprint density at radius 1 is 1.09 bits per heavy atom. The number of hydrogen-bond acceptors (Lipinski definition) is 2. The number of benzene rings is 2. The van der Waals surface area contributed by atoms with Gasteiger partial charge in [-0.05, 0) is 56.2 Å². The minimum absolute atomic E-state index is 0.0826. The molecule has 0 fully saturated rings. The zero-order chi connectivity index (χ0) is 16.7. The van der Waals surface area contributed by atoms with Crippen LogP contribution in [0.1, 0.15) is 35.3 Å². The van der Waals surface area contributed by atoms with Gasteiger partial charge in [-0.2, -0.15) is 0 Å². The molecule has 0 aromatic heterocycles. The SMILES string of the molecule is CCN(CC)c1ccc(C(=O)NC=Cc2ccccc2)c(C)c1. The predicted octanol–water partition coefficient (Wildman–Crippen LogP) is 4.24. The largest absolute Gasteiger partial charge is 0.372 e. The summed E-state index contributed by atoms with van der Waals surface area (Å²) in [7, 11) is 0. The van der Waals surface area contributed by atoms with Crippen LogP contribution in [0.25, 0.3) is 6.08 Å². The van der Waals surface area contributed by atoms with E-state index in [1.807, 2.05) is 55.5 Å². The third-order valence-corrected chi connectivity index (χ3v) is 3.87. The van der Waals surface area contributed by atoms with E-state index in [1.54, 1.807) is 6.20 Å². The highest BCUT2D eigenvalue weighted by Gasteiger charge is 2.10. The van der Waals surface area contributed by atoms with Crippen molar-refractivity contribution in [3.05, 3.63) is 71.4 Å². The Morgan fingerprint density at radius 3 is 2.39 bits per heavy atom. The smallest absolute Gasteiger partial charge is 0.255 e. The Labute approximate surface area is 138 Å². The van der Waals surface area contributed by atoms with Crippen molar-refractivity contribution in [1.82, 2.24) is 5.32 Å². The van der Waals surface area contributed by atoms with E-state index in [-0.39, 0.29) is 5.91 Å². The third kappa shape index (κ3) is 4.46. The number of carbonyl (C=O) groups excluding carboxylic acids is 1. The lowest BCUT2D eigenvalue weighted by Crippen LogP contribution is -2.23. The van der Waals surface area contributed by atoms with Crippen LogP contribution in [-0.2, 0) is 0 Å². The van der Waals surface area contributed by atoms with E-state index in [9.17, 15) is 4.79 Å². The van der Waals surface area contributed by atoms with Crippen LogP contribution in [0, 0.1) is 6.92 Å². The second-order valence-electron chi connectivity index (χ2n) is 5.39. The molecule has 0 unspecified atom stereocenters. The van der Waals surface area contributed by atoms with E-state index in [1.165, 1.54) is 0 Å². The molecule has 2 rings (SSSR count). The lowest BCUT2D eigenvalue weighted by atomic mass is 10.1. The van der Waals surface area contributed by atoms with Crippen molar-refractivity contribution in [2.75, 3.05) is 18.0 Å². The maximum absolute atomic E-state index is 12.3. The van der Waals surface area contributed by atoms with Gasteiger partial charge in [0.05, 0.1) is 0 Å². The van der Waals surface area contributed by atoms with E-state index in [2.05, 4.69) is 30.1 Å². The molecular weight excluding hydrogens is 284 g/mol. The van der Waals surface area contributed by atoms with Gasteiger partial charge in [-0.15, -0.1) is 0 Å². The van der Waals surface area contributed by atoms with Crippen LogP contribution < -0.4 is 10.2 Å². The van der Waals surface area contributed by atoms with E-state index < -0.39 is 0 Å². The predicted molar refractivity (Wildman–Crippen MR) is 97.7 cm³/mol. The van der Waals surface area contributed by atoms with Gasteiger partial charge in [0, 0.05) is 30.5 Å². The highest BCUT2D eigenvalue weighted by molar-refractivity contribution is 5.97.